The van der Waals surface area contributed by atoms with E-state index < -0.39 is 11.7 Å². The van der Waals surface area contributed by atoms with Gasteiger partial charge in [-0.1, -0.05) is 29.8 Å². The van der Waals surface area contributed by atoms with Crippen LogP contribution in [0.1, 0.15) is 25.8 Å². The van der Waals surface area contributed by atoms with Crippen LogP contribution in [0.3, 0.4) is 0 Å². The lowest BCUT2D eigenvalue weighted by Crippen LogP contribution is -2.51. The van der Waals surface area contributed by atoms with Crippen molar-refractivity contribution in [2.24, 2.45) is 5.92 Å². The second kappa shape index (κ2) is 6.57. The van der Waals surface area contributed by atoms with E-state index in [1.165, 1.54) is 6.07 Å². The van der Waals surface area contributed by atoms with E-state index in [2.05, 4.69) is 35.1 Å². The van der Waals surface area contributed by atoms with Gasteiger partial charge in [-0.2, -0.15) is 13.2 Å². The molecule has 0 radical (unpaired) electrons. The zero-order chi connectivity index (χ0) is 15.6. The monoisotopic (exact) mass is 364 g/mol. The average molecular weight is 365 g/mol. The second-order valence-corrected chi connectivity index (χ2v) is 6.84. The predicted octanol–water partition coefficient (Wildman–Crippen LogP) is 4.29. The molecule has 1 saturated heterocycles. The van der Waals surface area contributed by atoms with Crippen molar-refractivity contribution in [2.45, 2.75) is 32.5 Å². The van der Waals surface area contributed by atoms with Gasteiger partial charge in [0.1, 0.15) is 0 Å². The Morgan fingerprint density at radius 3 is 2.67 bits per heavy atom. The SMILES string of the molecule is CC(C)CC1CN(c2cc(Br)cc(C(F)(F)F)c2)CCN1. The Kier molecular flexibility index (Phi) is 5.20. The number of halogens is 4. The van der Waals surface area contributed by atoms with Gasteiger partial charge in [0, 0.05) is 35.8 Å². The van der Waals surface area contributed by atoms with Crippen molar-refractivity contribution < 1.29 is 13.2 Å². The number of hydrogen-bond donors (Lipinski definition) is 1. The van der Waals surface area contributed by atoms with E-state index >= 15 is 0 Å². The third-order valence-corrected chi connectivity index (χ3v) is 4.04. The molecule has 118 valence electrons. The molecule has 2 rings (SSSR count). The number of benzene rings is 1. The van der Waals surface area contributed by atoms with Crippen LogP contribution in [-0.2, 0) is 6.18 Å². The summed E-state index contributed by atoms with van der Waals surface area (Å²) in [4.78, 5) is 2.03. The number of piperazine rings is 1. The molecule has 6 heteroatoms. The molecule has 1 fully saturated rings. The Morgan fingerprint density at radius 2 is 2.05 bits per heavy atom. The normalized spacial score (nSPS) is 20.1. The van der Waals surface area contributed by atoms with E-state index in [0.29, 0.717) is 22.1 Å². The first kappa shape index (κ1) is 16.6. The maximum atomic E-state index is 12.9. The van der Waals surface area contributed by atoms with Crippen LogP contribution in [0.25, 0.3) is 0 Å². The van der Waals surface area contributed by atoms with E-state index in [1.54, 1.807) is 6.07 Å². The first-order valence-electron chi connectivity index (χ1n) is 7.12. The van der Waals surface area contributed by atoms with Crippen molar-refractivity contribution in [1.82, 2.24) is 5.32 Å². The maximum Gasteiger partial charge on any atom is 0.416 e. The van der Waals surface area contributed by atoms with Gasteiger partial charge < -0.3 is 10.2 Å². The first-order valence-corrected chi connectivity index (χ1v) is 7.91. The Morgan fingerprint density at radius 1 is 1.33 bits per heavy atom. The fourth-order valence-electron chi connectivity index (χ4n) is 2.71. The Bertz CT molecular complexity index is 488. The first-order chi connectivity index (χ1) is 9.75. The summed E-state index contributed by atoms with van der Waals surface area (Å²) in [7, 11) is 0. The number of alkyl halides is 3. The van der Waals surface area contributed by atoms with E-state index in [4.69, 9.17) is 0 Å². The van der Waals surface area contributed by atoms with Gasteiger partial charge in [-0.05, 0) is 30.5 Å². The highest BCUT2D eigenvalue weighted by atomic mass is 79.9. The minimum atomic E-state index is -4.32. The van der Waals surface area contributed by atoms with Crippen LogP contribution in [0.5, 0.6) is 0 Å². The standard InChI is InChI=1S/C15H20BrF3N2/c1-10(2)5-13-9-21(4-3-20-13)14-7-11(15(17,18)19)6-12(16)8-14/h6-8,10,13,20H,3-5,9H2,1-2H3. The van der Waals surface area contributed by atoms with Crippen LogP contribution in [-0.4, -0.2) is 25.7 Å². The molecule has 1 unspecified atom stereocenters. The van der Waals surface area contributed by atoms with Crippen LogP contribution < -0.4 is 10.2 Å². The molecule has 1 aliphatic rings. The van der Waals surface area contributed by atoms with Gasteiger partial charge in [-0.3, -0.25) is 0 Å². The summed E-state index contributed by atoms with van der Waals surface area (Å²) in [6, 6.07) is 4.44. The molecular formula is C15H20BrF3N2. The third-order valence-electron chi connectivity index (χ3n) is 3.59. The van der Waals surface area contributed by atoms with Gasteiger partial charge >= 0.3 is 6.18 Å². The van der Waals surface area contributed by atoms with Gasteiger partial charge in [0.05, 0.1) is 5.56 Å². The highest BCUT2D eigenvalue weighted by molar-refractivity contribution is 9.10. The van der Waals surface area contributed by atoms with Gasteiger partial charge in [0.25, 0.3) is 0 Å². The highest BCUT2D eigenvalue weighted by Gasteiger charge is 2.32. The molecule has 0 amide bonds. The number of hydrogen-bond acceptors (Lipinski definition) is 2. The zero-order valence-corrected chi connectivity index (χ0v) is 13.8. The molecule has 0 spiro atoms. The lowest BCUT2D eigenvalue weighted by molar-refractivity contribution is -0.137. The molecule has 1 aromatic carbocycles. The minimum absolute atomic E-state index is 0.326. The van der Waals surface area contributed by atoms with Crippen LogP contribution in [0.2, 0.25) is 0 Å². The van der Waals surface area contributed by atoms with Crippen molar-refractivity contribution in [1.29, 1.82) is 0 Å². The number of rotatable bonds is 3. The van der Waals surface area contributed by atoms with Crippen LogP contribution in [0, 0.1) is 5.92 Å². The summed E-state index contributed by atoms with van der Waals surface area (Å²) in [5.41, 5.74) is 0.0257. The van der Waals surface area contributed by atoms with E-state index in [9.17, 15) is 13.2 Å². The lowest BCUT2D eigenvalue weighted by Gasteiger charge is -2.36. The van der Waals surface area contributed by atoms with Gasteiger partial charge in [-0.15, -0.1) is 0 Å². The molecule has 1 heterocycles. The summed E-state index contributed by atoms with van der Waals surface area (Å²) >= 11 is 3.19. The van der Waals surface area contributed by atoms with Crippen LogP contribution in [0.4, 0.5) is 18.9 Å². The topological polar surface area (TPSA) is 15.3 Å². The summed E-state index contributed by atoms with van der Waals surface area (Å²) in [6.45, 7) is 6.57. The summed E-state index contributed by atoms with van der Waals surface area (Å²) < 4.78 is 39.2. The highest BCUT2D eigenvalue weighted by Crippen LogP contribution is 2.34. The average Bonchev–Trinajstić information content (AvgIpc) is 2.36. The molecule has 21 heavy (non-hydrogen) atoms. The van der Waals surface area contributed by atoms with E-state index in [0.717, 1.165) is 32.1 Å². The number of nitrogens with zero attached hydrogens (tertiary/aromatic N) is 1. The summed E-state index contributed by atoms with van der Waals surface area (Å²) in [5, 5.41) is 3.43. The predicted molar refractivity (Wildman–Crippen MR) is 82.6 cm³/mol. The van der Waals surface area contributed by atoms with Gasteiger partial charge in [0.2, 0.25) is 0 Å². The number of anilines is 1. The molecule has 2 nitrogen and oxygen atoms in total. The summed E-state index contributed by atoms with van der Waals surface area (Å²) in [6.07, 6.45) is -3.29. The quantitative estimate of drug-likeness (QED) is 0.860. The minimum Gasteiger partial charge on any atom is -0.369 e. The fraction of sp³-hybridized carbons (Fsp3) is 0.600. The number of nitrogens with one attached hydrogen (secondary N) is 1. The van der Waals surface area contributed by atoms with Crippen molar-refractivity contribution in [2.75, 3.05) is 24.5 Å². The molecule has 0 bridgehead atoms. The van der Waals surface area contributed by atoms with E-state index in [-0.39, 0.29) is 0 Å². The van der Waals surface area contributed by atoms with E-state index in [1.807, 2.05) is 4.90 Å². The lowest BCUT2D eigenvalue weighted by atomic mass is 10.0. The summed E-state index contributed by atoms with van der Waals surface area (Å²) in [5.74, 6) is 0.565. The third kappa shape index (κ3) is 4.61. The van der Waals surface area contributed by atoms with Gasteiger partial charge in [-0.25, -0.2) is 0 Å². The van der Waals surface area contributed by atoms with Crippen molar-refractivity contribution in [3.05, 3.63) is 28.2 Å². The van der Waals surface area contributed by atoms with Crippen LogP contribution in [0.15, 0.2) is 22.7 Å². The molecule has 0 aromatic heterocycles. The second-order valence-electron chi connectivity index (χ2n) is 5.92. The smallest absolute Gasteiger partial charge is 0.369 e. The van der Waals surface area contributed by atoms with Crippen molar-refractivity contribution >= 4 is 21.6 Å². The molecule has 1 N–H and O–H groups in total. The molecule has 1 aromatic rings. The van der Waals surface area contributed by atoms with Crippen molar-refractivity contribution in [3.63, 3.8) is 0 Å². The van der Waals surface area contributed by atoms with Crippen molar-refractivity contribution in [3.8, 4) is 0 Å². The maximum absolute atomic E-state index is 12.9. The Balaban J connectivity index is 2.19. The molecule has 1 aliphatic heterocycles. The Labute approximate surface area is 131 Å². The largest absolute Gasteiger partial charge is 0.416 e. The van der Waals surface area contributed by atoms with Crippen LogP contribution >= 0.6 is 15.9 Å². The van der Waals surface area contributed by atoms with Gasteiger partial charge in [0.15, 0.2) is 0 Å². The molecule has 1 atom stereocenters. The fourth-order valence-corrected chi connectivity index (χ4v) is 3.19. The molecule has 0 saturated carbocycles. The Hall–Kier alpha value is -0.750. The molecular weight excluding hydrogens is 345 g/mol. The zero-order valence-electron chi connectivity index (χ0n) is 12.2. The molecule has 0 aliphatic carbocycles.